The number of rotatable bonds is 5. The topological polar surface area (TPSA) is 78.1 Å². The highest BCUT2D eigenvalue weighted by molar-refractivity contribution is 5.75. The van der Waals surface area contributed by atoms with E-state index >= 15 is 0 Å². The van der Waals surface area contributed by atoms with E-state index in [9.17, 15) is 8.78 Å². The lowest BCUT2D eigenvalue weighted by molar-refractivity contribution is 0.342. The standard InChI is InChI=1S/C17H13F2N3O2/c1-3-24-13-7-5-4-6-12(13)22-16-14(18)10(8-20)11(9-21)15(19)17(16)23-2/h4-7,22H,3H2,1-2H3. The summed E-state index contributed by atoms with van der Waals surface area (Å²) in [7, 11) is 1.14. The molecule has 0 aliphatic rings. The Morgan fingerprint density at radius 3 is 2.29 bits per heavy atom. The number of nitriles is 2. The minimum absolute atomic E-state index is 0.365. The highest BCUT2D eigenvalue weighted by Crippen LogP contribution is 2.39. The van der Waals surface area contributed by atoms with Crippen molar-refractivity contribution in [1.82, 2.24) is 0 Å². The Labute approximate surface area is 137 Å². The number of ether oxygens (including phenoxy) is 2. The molecule has 0 aromatic heterocycles. The average molecular weight is 329 g/mol. The van der Waals surface area contributed by atoms with Crippen LogP contribution in [0.5, 0.6) is 11.5 Å². The Morgan fingerprint density at radius 2 is 1.71 bits per heavy atom. The molecule has 0 amide bonds. The third-order valence-corrected chi connectivity index (χ3v) is 3.21. The van der Waals surface area contributed by atoms with Gasteiger partial charge in [0.05, 0.1) is 19.4 Å². The first kappa shape index (κ1) is 17.0. The van der Waals surface area contributed by atoms with Crippen LogP contribution in [0.1, 0.15) is 18.1 Å². The van der Waals surface area contributed by atoms with E-state index in [0.717, 1.165) is 7.11 Å². The van der Waals surface area contributed by atoms with Crippen LogP contribution >= 0.6 is 0 Å². The third-order valence-electron chi connectivity index (χ3n) is 3.21. The zero-order valence-corrected chi connectivity index (χ0v) is 13.0. The maximum Gasteiger partial charge on any atom is 0.186 e. The van der Waals surface area contributed by atoms with E-state index in [1.54, 1.807) is 31.2 Å². The number of halogens is 2. The highest BCUT2D eigenvalue weighted by atomic mass is 19.1. The number of hydrogen-bond acceptors (Lipinski definition) is 5. The van der Waals surface area contributed by atoms with Gasteiger partial charge in [-0.15, -0.1) is 0 Å². The molecule has 7 heteroatoms. The smallest absolute Gasteiger partial charge is 0.186 e. The number of hydrogen-bond donors (Lipinski definition) is 1. The molecule has 24 heavy (non-hydrogen) atoms. The molecule has 0 radical (unpaired) electrons. The van der Waals surface area contributed by atoms with Crippen molar-refractivity contribution in [3.8, 4) is 23.6 Å². The van der Waals surface area contributed by atoms with E-state index in [0.29, 0.717) is 18.0 Å². The van der Waals surface area contributed by atoms with Gasteiger partial charge in [-0.3, -0.25) is 0 Å². The first-order chi connectivity index (χ1) is 11.6. The normalized spacial score (nSPS) is 9.75. The first-order valence-corrected chi connectivity index (χ1v) is 6.96. The molecule has 0 bridgehead atoms. The molecule has 0 saturated carbocycles. The van der Waals surface area contributed by atoms with Crippen molar-refractivity contribution in [2.75, 3.05) is 19.0 Å². The van der Waals surface area contributed by atoms with Gasteiger partial charge < -0.3 is 14.8 Å². The summed E-state index contributed by atoms with van der Waals surface area (Å²) in [6.07, 6.45) is 0. The molecule has 5 nitrogen and oxygen atoms in total. The molecule has 0 unspecified atom stereocenters. The minimum Gasteiger partial charge on any atom is -0.492 e. The van der Waals surface area contributed by atoms with E-state index in [1.165, 1.54) is 12.1 Å². The summed E-state index contributed by atoms with van der Waals surface area (Å²) in [5, 5.41) is 20.7. The van der Waals surface area contributed by atoms with Crippen molar-refractivity contribution in [3.63, 3.8) is 0 Å². The van der Waals surface area contributed by atoms with Gasteiger partial charge in [0.25, 0.3) is 0 Å². The van der Waals surface area contributed by atoms with Crippen LogP contribution in [0.15, 0.2) is 24.3 Å². The number of nitrogens with one attached hydrogen (secondary N) is 1. The number of anilines is 2. The van der Waals surface area contributed by atoms with E-state index in [-0.39, 0.29) is 5.69 Å². The largest absolute Gasteiger partial charge is 0.492 e. The molecule has 2 rings (SSSR count). The fourth-order valence-electron chi connectivity index (χ4n) is 2.17. The fourth-order valence-corrected chi connectivity index (χ4v) is 2.17. The monoisotopic (exact) mass is 329 g/mol. The molecular formula is C17H13F2N3O2. The summed E-state index contributed by atoms with van der Waals surface area (Å²) in [5.74, 6) is -2.24. The van der Waals surface area contributed by atoms with Crippen molar-refractivity contribution in [3.05, 3.63) is 47.0 Å². The zero-order valence-electron chi connectivity index (χ0n) is 13.0. The molecule has 1 N–H and O–H groups in total. The summed E-state index contributed by atoms with van der Waals surface area (Å²) in [6.45, 7) is 2.16. The molecule has 0 saturated heterocycles. The summed E-state index contributed by atoms with van der Waals surface area (Å²) >= 11 is 0. The van der Waals surface area contributed by atoms with Crippen LogP contribution in [0.2, 0.25) is 0 Å². The molecular weight excluding hydrogens is 316 g/mol. The zero-order chi connectivity index (χ0) is 17.7. The fraction of sp³-hybridized carbons (Fsp3) is 0.176. The van der Waals surface area contributed by atoms with Crippen LogP contribution < -0.4 is 14.8 Å². The van der Waals surface area contributed by atoms with Crippen LogP contribution in [-0.4, -0.2) is 13.7 Å². The van der Waals surface area contributed by atoms with E-state index in [1.807, 2.05) is 0 Å². The lowest BCUT2D eigenvalue weighted by atomic mass is 10.1. The van der Waals surface area contributed by atoms with Crippen molar-refractivity contribution in [1.29, 1.82) is 10.5 Å². The van der Waals surface area contributed by atoms with Gasteiger partial charge >= 0.3 is 0 Å². The van der Waals surface area contributed by atoms with Crippen LogP contribution in [0, 0.1) is 34.3 Å². The maximum absolute atomic E-state index is 14.6. The Balaban J connectivity index is 2.66. The van der Waals surface area contributed by atoms with Gasteiger partial charge in [0.2, 0.25) is 0 Å². The Kier molecular flexibility index (Phi) is 5.18. The van der Waals surface area contributed by atoms with E-state index in [2.05, 4.69) is 5.32 Å². The summed E-state index contributed by atoms with van der Waals surface area (Å²) in [6, 6.07) is 9.66. The predicted molar refractivity (Wildman–Crippen MR) is 83.2 cm³/mol. The van der Waals surface area contributed by atoms with Crippen molar-refractivity contribution in [2.24, 2.45) is 0 Å². The SMILES string of the molecule is CCOc1ccccc1Nc1c(F)c(C#N)c(C#N)c(F)c1OC. The van der Waals surface area contributed by atoms with Gasteiger partial charge in [0.15, 0.2) is 17.4 Å². The Morgan fingerprint density at radius 1 is 1.08 bits per heavy atom. The molecule has 2 aromatic rings. The molecule has 0 spiro atoms. The van der Waals surface area contributed by atoms with Crippen LogP contribution in [0.3, 0.4) is 0 Å². The molecule has 0 heterocycles. The maximum atomic E-state index is 14.6. The van der Waals surface area contributed by atoms with Crippen LogP contribution in [0.4, 0.5) is 20.2 Å². The van der Waals surface area contributed by atoms with Crippen LogP contribution in [-0.2, 0) is 0 Å². The molecule has 0 aliphatic carbocycles. The number of nitrogens with zero attached hydrogens (tertiary/aromatic N) is 2. The summed E-state index contributed by atoms with van der Waals surface area (Å²) < 4.78 is 39.3. The van der Waals surface area contributed by atoms with Crippen molar-refractivity contribution >= 4 is 11.4 Å². The van der Waals surface area contributed by atoms with Gasteiger partial charge in [-0.25, -0.2) is 8.78 Å². The number of benzene rings is 2. The number of methoxy groups -OCH3 is 1. The van der Waals surface area contributed by atoms with Crippen molar-refractivity contribution < 1.29 is 18.3 Å². The van der Waals surface area contributed by atoms with Gasteiger partial charge in [-0.1, -0.05) is 12.1 Å². The molecule has 122 valence electrons. The lowest BCUT2D eigenvalue weighted by Gasteiger charge is -2.17. The quantitative estimate of drug-likeness (QED) is 0.901. The summed E-state index contributed by atoms with van der Waals surface area (Å²) in [4.78, 5) is 0. The second kappa shape index (κ2) is 7.30. The van der Waals surface area contributed by atoms with Gasteiger partial charge in [-0.05, 0) is 19.1 Å². The summed E-state index contributed by atoms with van der Waals surface area (Å²) in [5.41, 5.74) is -1.40. The predicted octanol–water partition coefficient (Wildman–Crippen LogP) is 3.86. The second-order valence-corrected chi connectivity index (χ2v) is 4.56. The van der Waals surface area contributed by atoms with E-state index < -0.39 is 28.5 Å². The van der Waals surface area contributed by atoms with Crippen LogP contribution in [0.25, 0.3) is 0 Å². The average Bonchev–Trinajstić information content (AvgIpc) is 2.59. The first-order valence-electron chi connectivity index (χ1n) is 6.96. The van der Waals surface area contributed by atoms with Gasteiger partial charge in [0, 0.05) is 0 Å². The highest BCUT2D eigenvalue weighted by Gasteiger charge is 2.26. The number of para-hydroxylation sites is 2. The molecule has 0 atom stereocenters. The third kappa shape index (κ3) is 2.92. The van der Waals surface area contributed by atoms with E-state index in [4.69, 9.17) is 20.0 Å². The molecule has 2 aromatic carbocycles. The van der Waals surface area contributed by atoms with Gasteiger partial charge in [-0.2, -0.15) is 10.5 Å². The van der Waals surface area contributed by atoms with Crippen molar-refractivity contribution in [2.45, 2.75) is 6.92 Å². The second-order valence-electron chi connectivity index (χ2n) is 4.56. The lowest BCUT2D eigenvalue weighted by Crippen LogP contribution is -2.07. The Bertz CT molecular complexity index is 851. The Hall–Kier alpha value is -3.32. The van der Waals surface area contributed by atoms with Gasteiger partial charge in [0.1, 0.15) is 34.7 Å². The molecule has 0 fully saturated rings. The minimum atomic E-state index is -1.10. The molecule has 0 aliphatic heterocycles.